The molecule has 2 aliphatic carbocycles. The summed E-state index contributed by atoms with van der Waals surface area (Å²) in [6.07, 6.45) is 14.6. The Morgan fingerprint density at radius 3 is 1.88 bits per heavy atom. The van der Waals surface area contributed by atoms with Gasteiger partial charge in [-0.3, -0.25) is 0 Å². The minimum Gasteiger partial charge on any atom is -0.454 e. The minimum absolute atomic E-state index is 0.600. The van der Waals surface area contributed by atoms with Crippen LogP contribution in [0.5, 0.6) is 0 Å². The molecular weight excluding hydrogens is 787 g/mol. The Morgan fingerprint density at radius 1 is 0.531 bits per heavy atom. The van der Waals surface area contributed by atoms with E-state index in [-0.39, 0.29) is 0 Å². The van der Waals surface area contributed by atoms with Crippen LogP contribution in [-0.2, 0) is 6.42 Å². The van der Waals surface area contributed by atoms with Crippen molar-refractivity contribution in [2.24, 2.45) is 0 Å². The number of aromatic nitrogens is 1. The highest BCUT2D eigenvalue weighted by atomic mass is 16.3. The van der Waals surface area contributed by atoms with E-state index in [9.17, 15) is 10.5 Å². The van der Waals surface area contributed by atoms with Gasteiger partial charge in [0.05, 0.1) is 34.6 Å². The second-order valence-electron chi connectivity index (χ2n) is 16.5. The van der Waals surface area contributed by atoms with E-state index in [4.69, 9.17) is 8.83 Å². The highest BCUT2D eigenvalue weighted by Crippen LogP contribution is 2.54. The Kier molecular flexibility index (Phi) is 7.79. The zero-order chi connectivity index (χ0) is 42.5. The third-order valence-electron chi connectivity index (χ3n) is 13.1. The first-order valence-corrected chi connectivity index (χ1v) is 21.6. The second kappa shape index (κ2) is 13.9. The largest absolute Gasteiger partial charge is 0.454 e. The monoisotopic (exact) mass is 821 g/mol. The van der Waals surface area contributed by atoms with E-state index in [1.807, 2.05) is 48.5 Å². The van der Waals surface area contributed by atoms with Crippen LogP contribution in [0.15, 0.2) is 190 Å². The maximum atomic E-state index is 9.87. The summed E-state index contributed by atoms with van der Waals surface area (Å²) < 4.78 is 16.6. The van der Waals surface area contributed by atoms with Crippen molar-refractivity contribution in [2.45, 2.75) is 19.3 Å². The molecule has 7 heteroatoms. The maximum absolute atomic E-state index is 9.87. The van der Waals surface area contributed by atoms with Gasteiger partial charge in [0, 0.05) is 71.6 Å². The van der Waals surface area contributed by atoms with Crippen LogP contribution >= 0.6 is 0 Å². The van der Waals surface area contributed by atoms with Gasteiger partial charge in [-0.05, 0) is 104 Å². The number of nitrogens with zero attached hydrogens (tertiary/aromatic N) is 5. The van der Waals surface area contributed by atoms with Gasteiger partial charge >= 0.3 is 0 Å². The number of anilines is 5. The normalized spacial score (nSPS) is 13.8. The second-order valence-corrected chi connectivity index (χ2v) is 16.5. The van der Waals surface area contributed by atoms with Crippen molar-refractivity contribution in [3.8, 4) is 12.1 Å². The van der Waals surface area contributed by atoms with Gasteiger partial charge in [-0.25, -0.2) is 0 Å². The fraction of sp³-hybridized carbons (Fsp3) is 0.0526. The number of para-hydroxylation sites is 4. The van der Waals surface area contributed by atoms with Gasteiger partial charge in [-0.1, -0.05) is 91.0 Å². The molecule has 0 amide bonds. The van der Waals surface area contributed by atoms with Crippen molar-refractivity contribution in [2.75, 3.05) is 9.80 Å². The number of rotatable bonds is 6. The lowest BCUT2D eigenvalue weighted by atomic mass is 9.98. The van der Waals surface area contributed by atoms with Crippen molar-refractivity contribution < 1.29 is 8.83 Å². The van der Waals surface area contributed by atoms with Crippen molar-refractivity contribution >= 4 is 106 Å². The Hall–Kier alpha value is -8.78. The zero-order valence-electron chi connectivity index (χ0n) is 34.4. The first kappa shape index (κ1) is 35.9. The molecule has 0 saturated heterocycles. The Bertz CT molecular complexity index is 3940. The Morgan fingerprint density at radius 2 is 1.17 bits per heavy atom. The predicted octanol–water partition coefficient (Wildman–Crippen LogP) is 15.2. The molecule has 0 spiro atoms. The molecule has 0 N–H and O–H groups in total. The third kappa shape index (κ3) is 5.13. The van der Waals surface area contributed by atoms with Crippen LogP contribution in [0.4, 0.5) is 28.4 Å². The first-order valence-electron chi connectivity index (χ1n) is 21.6. The van der Waals surface area contributed by atoms with Crippen LogP contribution in [-0.4, -0.2) is 4.40 Å². The molecule has 0 unspecified atom stereocenters. The molecule has 7 aromatic carbocycles. The van der Waals surface area contributed by atoms with E-state index in [0.29, 0.717) is 18.4 Å². The summed E-state index contributed by atoms with van der Waals surface area (Å²) in [5.74, 6) is 0.846. The maximum Gasteiger partial charge on any atom is 0.160 e. The number of fused-ring (bicyclic) bond motifs is 14. The van der Waals surface area contributed by atoms with Gasteiger partial charge < -0.3 is 23.0 Å². The highest BCUT2D eigenvalue weighted by molar-refractivity contribution is 6.35. The summed E-state index contributed by atoms with van der Waals surface area (Å²) in [6, 6.07) is 53.1. The third-order valence-corrected chi connectivity index (χ3v) is 13.1. The Balaban J connectivity index is 1.25. The molecule has 64 heavy (non-hydrogen) atoms. The predicted molar refractivity (Wildman–Crippen MR) is 259 cm³/mol. The van der Waals surface area contributed by atoms with Crippen molar-refractivity contribution in [3.05, 3.63) is 198 Å². The van der Waals surface area contributed by atoms with Crippen LogP contribution in [0.2, 0.25) is 0 Å². The van der Waals surface area contributed by atoms with Gasteiger partial charge in [-0.15, -0.1) is 0 Å². The first-order chi connectivity index (χ1) is 31.7. The molecule has 2 aliphatic rings. The summed E-state index contributed by atoms with van der Waals surface area (Å²) in [7, 11) is 0. The summed E-state index contributed by atoms with van der Waals surface area (Å²) in [4.78, 5) is 4.69. The lowest BCUT2D eigenvalue weighted by Crippen LogP contribution is -2.18. The number of allylic oxidation sites excluding steroid dienone is 7. The summed E-state index contributed by atoms with van der Waals surface area (Å²) in [6.45, 7) is 0. The highest BCUT2D eigenvalue weighted by Gasteiger charge is 2.32. The van der Waals surface area contributed by atoms with Gasteiger partial charge in [0.2, 0.25) is 0 Å². The fourth-order valence-electron chi connectivity index (χ4n) is 10.3. The van der Waals surface area contributed by atoms with Gasteiger partial charge in [-0.2, -0.15) is 10.5 Å². The molecule has 300 valence electrons. The standard InChI is InChI=1S/C57H35N5O2/c58-33-35-23-27-39(28-24-35)60(37-13-4-1-5-14-37)47-31-45-41-17-8-3-9-21-49(41)63-56(45)54-51(47)43-19-12-20-44-52-48(61(38-15-6-2-7-16-38)40-29-25-36(34-59)26-30-40)32-46-42-18-10-11-22-50(42)64-57(46)55(52)62(54)53(43)44/h1-16,18-23,25-27,29-32H,17,24,28H2. The number of hydrogen-bond donors (Lipinski definition) is 0. The van der Waals surface area contributed by atoms with Crippen molar-refractivity contribution in [3.63, 3.8) is 0 Å². The van der Waals surface area contributed by atoms with E-state index in [0.717, 1.165) is 128 Å². The summed E-state index contributed by atoms with van der Waals surface area (Å²) in [5, 5.41) is 27.0. The lowest BCUT2D eigenvalue weighted by molar-refractivity contribution is 0.602. The van der Waals surface area contributed by atoms with Gasteiger partial charge in [0.1, 0.15) is 22.4 Å². The van der Waals surface area contributed by atoms with Crippen LogP contribution in [0.3, 0.4) is 0 Å². The molecule has 0 fully saturated rings. The molecule has 11 aromatic rings. The van der Waals surface area contributed by atoms with Crippen molar-refractivity contribution in [1.82, 2.24) is 4.40 Å². The molecule has 0 saturated carbocycles. The molecule has 13 rings (SSSR count). The summed E-state index contributed by atoms with van der Waals surface area (Å²) in [5.41, 5.74) is 14.0. The quantitative estimate of drug-likeness (QED) is 0.166. The molecule has 7 nitrogen and oxygen atoms in total. The lowest BCUT2D eigenvalue weighted by Gasteiger charge is -2.30. The number of furan rings is 2. The van der Waals surface area contributed by atoms with E-state index in [1.165, 1.54) is 0 Å². The molecule has 4 heterocycles. The number of hydrogen-bond acceptors (Lipinski definition) is 6. The molecule has 0 bridgehead atoms. The zero-order valence-corrected chi connectivity index (χ0v) is 34.4. The van der Waals surface area contributed by atoms with E-state index in [2.05, 4.69) is 154 Å². The molecule has 0 radical (unpaired) electrons. The number of nitriles is 2. The van der Waals surface area contributed by atoms with E-state index >= 15 is 0 Å². The minimum atomic E-state index is 0.600. The van der Waals surface area contributed by atoms with Crippen LogP contribution < -0.4 is 9.80 Å². The van der Waals surface area contributed by atoms with Gasteiger partial charge in [0.25, 0.3) is 0 Å². The van der Waals surface area contributed by atoms with Crippen LogP contribution in [0.25, 0.3) is 77.1 Å². The smallest absolute Gasteiger partial charge is 0.160 e. The van der Waals surface area contributed by atoms with E-state index < -0.39 is 0 Å². The molecular formula is C57H35N5O2. The van der Waals surface area contributed by atoms with Crippen LogP contribution in [0.1, 0.15) is 29.7 Å². The van der Waals surface area contributed by atoms with Crippen molar-refractivity contribution in [1.29, 1.82) is 10.5 Å². The summed E-state index contributed by atoms with van der Waals surface area (Å²) >= 11 is 0. The topological polar surface area (TPSA) is 84.8 Å². The van der Waals surface area contributed by atoms with E-state index in [1.54, 1.807) is 0 Å². The molecule has 0 aliphatic heterocycles. The molecule has 0 atom stereocenters. The van der Waals surface area contributed by atoms with Crippen LogP contribution in [0, 0.1) is 22.7 Å². The SMILES string of the molecule is N#CC1=CC=C(N(c2ccccc2)c2cc3c4c(oc3c3c2c2cccc5c6c(N(c7ccccc7)c7ccc(C#N)cc7)cc7c8ccccc8oc7c6n3c25)C=CC=CC4)CC1. The molecule has 4 aromatic heterocycles. The average Bonchev–Trinajstić information content (AvgIpc) is 4.06. The van der Waals surface area contributed by atoms with Gasteiger partial charge in [0.15, 0.2) is 11.2 Å². The average molecular weight is 822 g/mol. The fourth-order valence-corrected chi connectivity index (χ4v) is 10.3. The number of benzene rings is 7. The Labute approximate surface area is 367 Å².